The molecular weight excluding hydrogens is 180 g/mol. The highest BCUT2D eigenvalue weighted by atomic mass is 16.3. The molecule has 3 heteroatoms. The molecule has 0 amide bonds. The highest BCUT2D eigenvalue weighted by Crippen LogP contribution is 2.42. The summed E-state index contributed by atoms with van der Waals surface area (Å²) in [5, 5.41) is 19.7. The maximum absolute atomic E-state index is 11.1. The van der Waals surface area contributed by atoms with Crippen molar-refractivity contribution in [1.29, 1.82) is 0 Å². The zero-order chi connectivity index (χ0) is 10.2. The maximum Gasteiger partial charge on any atom is 0.132 e. The summed E-state index contributed by atoms with van der Waals surface area (Å²) < 4.78 is 0. The van der Waals surface area contributed by atoms with Crippen molar-refractivity contribution < 1.29 is 15.0 Å². The van der Waals surface area contributed by atoms with Crippen LogP contribution >= 0.6 is 0 Å². The first-order chi connectivity index (χ1) is 6.60. The van der Waals surface area contributed by atoms with Gasteiger partial charge in [0.1, 0.15) is 5.78 Å². The average molecular weight is 198 g/mol. The first-order valence-electron chi connectivity index (χ1n) is 5.52. The van der Waals surface area contributed by atoms with Gasteiger partial charge in [-0.1, -0.05) is 0 Å². The molecule has 2 N–H and O–H groups in total. The van der Waals surface area contributed by atoms with Gasteiger partial charge in [0.25, 0.3) is 0 Å². The molecule has 2 aliphatic rings. The molecule has 2 rings (SSSR count). The van der Waals surface area contributed by atoms with E-state index in [1.165, 1.54) is 0 Å². The van der Waals surface area contributed by atoms with Crippen molar-refractivity contribution >= 4 is 5.78 Å². The van der Waals surface area contributed by atoms with Gasteiger partial charge in [0.15, 0.2) is 0 Å². The Balaban J connectivity index is 1.97. The predicted octanol–water partition coefficient (Wildman–Crippen LogP) is 1.02. The van der Waals surface area contributed by atoms with Gasteiger partial charge in [0.05, 0.1) is 11.7 Å². The summed E-state index contributed by atoms with van der Waals surface area (Å²) in [4.78, 5) is 11.1. The van der Waals surface area contributed by atoms with Gasteiger partial charge in [-0.2, -0.15) is 0 Å². The minimum atomic E-state index is -0.680. The summed E-state index contributed by atoms with van der Waals surface area (Å²) in [6.07, 6.45) is 4.42. The van der Waals surface area contributed by atoms with E-state index in [4.69, 9.17) is 0 Å². The minimum Gasteiger partial charge on any atom is -0.393 e. The molecule has 3 nitrogen and oxygen atoms in total. The fourth-order valence-electron chi connectivity index (χ4n) is 2.88. The molecule has 0 bridgehead atoms. The van der Waals surface area contributed by atoms with Crippen LogP contribution in [0, 0.1) is 5.92 Å². The summed E-state index contributed by atoms with van der Waals surface area (Å²) >= 11 is 0. The third-order valence-corrected chi connectivity index (χ3v) is 3.80. The predicted molar refractivity (Wildman–Crippen MR) is 51.8 cm³/mol. The van der Waals surface area contributed by atoms with Crippen molar-refractivity contribution in [2.24, 2.45) is 5.92 Å². The van der Waals surface area contributed by atoms with Crippen LogP contribution in [0.25, 0.3) is 0 Å². The lowest BCUT2D eigenvalue weighted by Crippen LogP contribution is -2.38. The van der Waals surface area contributed by atoms with Crippen molar-refractivity contribution in [3.05, 3.63) is 0 Å². The Morgan fingerprint density at radius 1 is 1.21 bits per heavy atom. The number of ketones is 1. The van der Waals surface area contributed by atoms with Crippen LogP contribution in [-0.4, -0.2) is 27.7 Å². The lowest BCUT2D eigenvalue weighted by molar-refractivity contribution is -0.123. The molecule has 2 saturated carbocycles. The van der Waals surface area contributed by atoms with Crippen molar-refractivity contribution in [1.82, 2.24) is 0 Å². The molecule has 0 aliphatic heterocycles. The van der Waals surface area contributed by atoms with E-state index in [0.29, 0.717) is 37.9 Å². The first-order valence-corrected chi connectivity index (χ1v) is 5.52. The van der Waals surface area contributed by atoms with E-state index in [1.807, 2.05) is 0 Å². The summed E-state index contributed by atoms with van der Waals surface area (Å²) in [7, 11) is 0. The summed E-state index contributed by atoms with van der Waals surface area (Å²) in [6.45, 7) is 0. The van der Waals surface area contributed by atoms with Crippen LogP contribution in [-0.2, 0) is 4.79 Å². The van der Waals surface area contributed by atoms with Crippen LogP contribution in [0.3, 0.4) is 0 Å². The number of aliphatic hydroxyl groups excluding tert-OH is 1. The van der Waals surface area contributed by atoms with Crippen molar-refractivity contribution in [2.45, 2.75) is 56.7 Å². The van der Waals surface area contributed by atoms with Gasteiger partial charge in [-0.25, -0.2) is 0 Å². The summed E-state index contributed by atoms with van der Waals surface area (Å²) in [5.74, 6) is 0.556. The minimum absolute atomic E-state index is 0.234. The fourth-order valence-corrected chi connectivity index (χ4v) is 2.88. The van der Waals surface area contributed by atoms with Gasteiger partial charge < -0.3 is 10.2 Å². The van der Waals surface area contributed by atoms with Crippen LogP contribution in [0.2, 0.25) is 0 Å². The second kappa shape index (κ2) is 3.63. The quantitative estimate of drug-likeness (QED) is 0.661. The second-order valence-electron chi connectivity index (χ2n) is 4.81. The number of rotatable bonds is 1. The largest absolute Gasteiger partial charge is 0.393 e. The van der Waals surface area contributed by atoms with E-state index in [0.717, 1.165) is 12.8 Å². The number of hydrogen-bond acceptors (Lipinski definition) is 3. The van der Waals surface area contributed by atoms with E-state index >= 15 is 0 Å². The van der Waals surface area contributed by atoms with Crippen LogP contribution in [0.4, 0.5) is 0 Å². The number of aliphatic hydroxyl groups is 2. The number of Topliss-reactive ketones (excluding diaryl/α,β-unsaturated/α-hetero) is 1. The lowest BCUT2D eigenvalue weighted by atomic mass is 9.75. The zero-order valence-corrected chi connectivity index (χ0v) is 8.41. The van der Waals surface area contributed by atoms with E-state index in [1.54, 1.807) is 0 Å². The van der Waals surface area contributed by atoms with Crippen LogP contribution < -0.4 is 0 Å². The van der Waals surface area contributed by atoms with E-state index in [-0.39, 0.29) is 12.0 Å². The fraction of sp³-hybridized carbons (Fsp3) is 0.909. The van der Waals surface area contributed by atoms with Gasteiger partial charge in [0.2, 0.25) is 0 Å². The van der Waals surface area contributed by atoms with Crippen LogP contribution in [0.1, 0.15) is 44.9 Å². The maximum atomic E-state index is 11.1. The number of hydrogen-bond donors (Lipinski definition) is 2. The van der Waals surface area contributed by atoms with Crippen LogP contribution in [0.5, 0.6) is 0 Å². The molecule has 14 heavy (non-hydrogen) atoms. The summed E-state index contributed by atoms with van der Waals surface area (Å²) in [5.41, 5.74) is -0.680. The molecule has 0 aromatic rings. The monoisotopic (exact) mass is 198 g/mol. The molecule has 2 atom stereocenters. The lowest BCUT2D eigenvalue weighted by Gasteiger charge is -2.34. The van der Waals surface area contributed by atoms with Crippen molar-refractivity contribution in [2.75, 3.05) is 0 Å². The number of carbonyl (C=O) groups is 1. The normalized spacial score (nSPS) is 40.4. The average Bonchev–Trinajstić information content (AvgIpc) is 2.48. The molecule has 0 heterocycles. The smallest absolute Gasteiger partial charge is 0.132 e. The third kappa shape index (κ3) is 1.84. The third-order valence-electron chi connectivity index (χ3n) is 3.80. The van der Waals surface area contributed by atoms with Gasteiger partial charge in [0, 0.05) is 19.3 Å². The highest BCUT2D eigenvalue weighted by molar-refractivity contribution is 5.79. The Kier molecular flexibility index (Phi) is 2.62. The number of carbonyl (C=O) groups excluding carboxylic acids is 1. The molecule has 2 aliphatic carbocycles. The Hall–Kier alpha value is -0.410. The Morgan fingerprint density at radius 2 is 1.86 bits per heavy atom. The molecule has 0 radical (unpaired) electrons. The standard InChI is InChI=1S/C11H18O3/c12-9-3-1-8(2-4-9)11(14)6-5-10(13)7-11/h8,10,13-14H,1-7H2. The van der Waals surface area contributed by atoms with Crippen molar-refractivity contribution in [3.8, 4) is 0 Å². The van der Waals surface area contributed by atoms with Crippen molar-refractivity contribution in [3.63, 3.8) is 0 Å². The SMILES string of the molecule is O=C1CCC(C2(O)CCC(O)C2)CC1. The van der Waals surface area contributed by atoms with E-state index < -0.39 is 5.60 Å². The molecule has 0 aromatic heterocycles. The topological polar surface area (TPSA) is 57.5 Å². The van der Waals surface area contributed by atoms with Gasteiger partial charge in [-0.05, 0) is 31.6 Å². The Bertz CT molecular complexity index is 229. The zero-order valence-electron chi connectivity index (χ0n) is 8.41. The molecule has 2 unspecified atom stereocenters. The molecular formula is C11H18O3. The van der Waals surface area contributed by atoms with E-state index in [2.05, 4.69) is 0 Å². The second-order valence-corrected chi connectivity index (χ2v) is 4.81. The van der Waals surface area contributed by atoms with Gasteiger partial charge in [-0.15, -0.1) is 0 Å². The Morgan fingerprint density at radius 3 is 2.36 bits per heavy atom. The summed E-state index contributed by atoms with van der Waals surface area (Å²) in [6, 6.07) is 0. The van der Waals surface area contributed by atoms with Crippen LogP contribution in [0.15, 0.2) is 0 Å². The molecule has 0 spiro atoms. The molecule has 2 fully saturated rings. The van der Waals surface area contributed by atoms with Gasteiger partial charge >= 0.3 is 0 Å². The molecule has 0 saturated heterocycles. The Labute approximate surface area is 84.1 Å². The van der Waals surface area contributed by atoms with Gasteiger partial charge in [-0.3, -0.25) is 4.79 Å². The first kappa shape index (κ1) is 10.1. The molecule has 80 valence electrons. The molecule has 0 aromatic carbocycles. The highest BCUT2D eigenvalue weighted by Gasteiger charge is 2.43. The van der Waals surface area contributed by atoms with E-state index in [9.17, 15) is 15.0 Å².